The summed E-state index contributed by atoms with van der Waals surface area (Å²) in [6, 6.07) is 8.45. The minimum Gasteiger partial charge on any atom is -0.479 e. The monoisotopic (exact) mass is 262 g/mol. The fourth-order valence-electron chi connectivity index (χ4n) is 1.24. The highest BCUT2D eigenvalue weighted by Crippen LogP contribution is 2.16. The second-order valence-corrected chi connectivity index (χ2v) is 3.50. The summed E-state index contributed by atoms with van der Waals surface area (Å²) >= 11 is 0. The van der Waals surface area contributed by atoms with E-state index in [1.807, 2.05) is 6.07 Å². The van der Waals surface area contributed by atoms with Crippen LogP contribution in [0, 0.1) is 11.3 Å². The largest absolute Gasteiger partial charge is 0.479 e. The lowest BCUT2D eigenvalue weighted by Crippen LogP contribution is -2.36. The van der Waals surface area contributed by atoms with Crippen LogP contribution in [0.25, 0.3) is 0 Å². The fourth-order valence-corrected chi connectivity index (χ4v) is 1.24. The maximum atomic E-state index is 11.5. The smallest absolute Gasteiger partial charge is 0.243 e. The predicted octanol–water partition coefficient (Wildman–Crippen LogP) is -0.398. The maximum Gasteiger partial charge on any atom is 0.243 e. The summed E-state index contributed by atoms with van der Waals surface area (Å²) < 4.78 is 5.09. The number of amides is 2. The number of anilines is 1. The van der Waals surface area contributed by atoms with Crippen LogP contribution in [0.4, 0.5) is 5.69 Å². The van der Waals surface area contributed by atoms with Crippen LogP contribution in [0.3, 0.4) is 0 Å². The summed E-state index contributed by atoms with van der Waals surface area (Å²) in [5.74, 6) is -0.300. The third-order valence-corrected chi connectivity index (χ3v) is 2.05. The molecule has 19 heavy (non-hydrogen) atoms. The number of hydrogen-bond acceptors (Lipinski definition) is 5. The molecule has 0 spiro atoms. The Labute approximate surface area is 110 Å². The molecule has 0 aliphatic heterocycles. The van der Waals surface area contributed by atoms with Gasteiger partial charge < -0.3 is 21.1 Å². The van der Waals surface area contributed by atoms with Crippen LogP contribution in [-0.2, 0) is 9.59 Å². The van der Waals surface area contributed by atoms with E-state index in [0.717, 1.165) is 0 Å². The molecule has 2 amide bonds. The van der Waals surface area contributed by atoms with Crippen molar-refractivity contribution in [1.82, 2.24) is 5.32 Å². The van der Waals surface area contributed by atoms with Gasteiger partial charge in [-0.3, -0.25) is 9.59 Å². The normalized spacial score (nSPS) is 9.26. The Balaban J connectivity index is 2.50. The second-order valence-electron chi connectivity index (χ2n) is 3.50. The molecule has 0 unspecified atom stereocenters. The third kappa shape index (κ3) is 5.52. The van der Waals surface area contributed by atoms with Gasteiger partial charge in [0.15, 0.2) is 6.61 Å². The summed E-state index contributed by atoms with van der Waals surface area (Å²) in [6.07, 6.45) is 0. The molecule has 100 valence electrons. The summed E-state index contributed by atoms with van der Waals surface area (Å²) in [4.78, 5) is 22.4. The topological polar surface area (TPSA) is 117 Å². The van der Waals surface area contributed by atoms with Gasteiger partial charge in [0, 0.05) is 11.8 Å². The van der Waals surface area contributed by atoms with Gasteiger partial charge in [0.25, 0.3) is 0 Å². The number of ether oxygens (including phenoxy) is 1. The highest BCUT2D eigenvalue weighted by molar-refractivity contribution is 5.94. The number of carbonyl (C=O) groups is 2. The van der Waals surface area contributed by atoms with E-state index < -0.39 is 5.91 Å². The molecule has 1 rings (SSSR count). The zero-order valence-corrected chi connectivity index (χ0v) is 10.2. The summed E-state index contributed by atoms with van der Waals surface area (Å²) in [7, 11) is 0. The van der Waals surface area contributed by atoms with Crippen molar-refractivity contribution in [2.75, 3.05) is 25.0 Å². The van der Waals surface area contributed by atoms with Crippen molar-refractivity contribution in [3.05, 3.63) is 24.3 Å². The Kier molecular flexibility index (Phi) is 5.85. The number of nitrogens with two attached hydrogens (primary N) is 1. The number of benzene rings is 1. The first-order chi connectivity index (χ1) is 9.15. The Morgan fingerprint density at radius 3 is 2.84 bits per heavy atom. The molecule has 0 aromatic heterocycles. The SMILES string of the molecule is N#CCOc1cccc(NC(=O)CNC(=O)CN)c1. The molecular weight excluding hydrogens is 248 g/mol. The summed E-state index contributed by atoms with van der Waals surface area (Å²) in [6.45, 7) is -0.381. The van der Waals surface area contributed by atoms with E-state index in [1.54, 1.807) is 24.3 Å². The Morgan fingerprint density at radius 1 is 1.37 bits per heavy atom. The van der Waals surface area contributed by atoms with E-state index in [-0.39, 0.29) is 25.6 Å². The molecule has 0 fully saturated rings. The van der Waals surface area contributed by atoms with Crippen molar-refractivity contribution in [3.63, 3.8) is 0 Å². The number of nitrogens with zero attached hydrogens (tertiary/aromatic N) is 1. The van der Waals surface area contributed by atoms with Gasteiger partial charge in [-0.15, -0.1) is 0 Å². The number of carbonyl (C=O) groups excluding carboxylic acids is 2. The number of nitrogens with one attached hydrogen (secondary N) is 2. The first kappa shape index (κ1) is 14.5. The Bertz CT molecular complexity index is 496. The quantitative estimate of drug-likeness (QED) is 0.645. The summed E-state index contributed by atoms with van der Waals surface area (Å²) in [5.41, 5.74) is 5.61. The molecule has 0 saturated carbocycles. The molecule has 7 heteroatoms. The van der Waals surface area contributed by atoms with Crippen LogP contribution in [0.5, 0.6) is 5.75 Å². The zero-order valence-electron chi connectivity index (χ0n) is 10.2. The lowest BCUT2D eigenvalue weighted by molar-refractivity contribution is -0.123. The maximum absolute atomic E-state index is 11.5. The standard InChI is InChI=1S/C12H14N4O3/c13-4-5-19-10-3-1-2-9(6-10)16-12(18)8-15-11(17)7-14/h1-3,6H,5,7-8,14H2,(H,15,17)(H,16,18). The first-order valence-electron chi connectivity index (χ1n) is 5.52. The molecular formula is C12H14N4O3. The highest BCUT2D eigenvalue weighted by Gasteiger charge is 2.05. The van der Waals surface area contributed by atoms with Crippen LogP contribution >= 0.6 is 0 Å². The van der Waals surface area contributed by atoms with E-state index in [2.05, 4.69) is 10.6 Å². The fraction of sp³-hybridized carbons (Fsp3) is 0.250. The second kappa shape index (κ2) is 7.68. The minimum absolute atomic E-state index is 0.0655. The molecule has 0 atom stereocenters. The van der Waals surface area contributed by atoms with Crippen molar-refractivity contribution >= 4 is 17.5 Å². The molecule has 0 saturated heterocycles. The van der Waals surface area contributed by atoms with Gasteiger partial charge in [0.1, 0.15) is 11.8 Å². The highest BCUT2D eigenvalue weighted by atomic mass is 16.5. The van der Waals surface area contributed by atoms with Crippen LogP contribution in [-0.4, -0.2) is 31.5 Å². The predicted molar refractivity (Wildman–Crippen MR) is 68.2 cm³/mol. The molecule has 0 radical (unpaired) electrons. The van der Waals surface area contributed by atoms with E-state index >= 15 is 0 Å². The molecule has 1 aromatic rings. The van der Waals surface area contributed by atoms with Crippen LogP contribution in [0.2, 0.25) is 0 Å². The summed E-state index contributed by atoms with van der Waals surface area (Å²) in [5, 5.41) is 13.3. The van der Waals surface area contributed by atoms with Gasteiger partial charge in [-0.05, 0) is 12.1 Å². The molecule has 1 aromatic carbocycles. The zero-order chi connectivity index (χ0) is 14.1. The minimum atomic E-state index is -0.402. The molecule has 4 N–H and O–H groups in total. The molecule has 0 heterocycles. The van der Waals surface area contributed by atoms with Gasteiger partial charge in [0.05, 0.1) is 13.1 Å². The van der Waals surface area contributed by atoms with E-state index in [9.17, 15) is 9.59 Å². The van der Waals surface area contributed by atoms with Gasteiger partial charge in [-0.25, -0.2) is 0 Å². The molecule has 7 nitrogen and oxygen atoms in total. The molecule has 0 aliphatic carbocycles. The van der Waals surface area contributed by atoms with Crippen molar-refractivity contribution in [2.24, 2.45) is 5.73 Å². The average Bonchev–Trinajstić information content (AvgIpc) is 2.43. The first-order valence-corrected chi connectivity index (χ1v) is 5.52. The van der Waals surface area contributed by atoms with Crippen molar-refractivity contribution < 1.29 is 14.3 Å². The lowest BCUT2D eigenvalue weighted by Gasteiger charge is -2.08. The lowest BCUT2D eigenvalue weighted by atomic mass is 10.3. The van der Waals surface area contributed by atoms with Gasteiger partial charge in [0.2, 0.25) is 11.8 Å². The average molecular weight is 262 g/mol. The van der Waals surface area contributed by atoms with E-state index in [4.69, 9.17) is 15.7 Å². The van der Waals surface area contributed by atoms with Gasteiger partial charge >= 0.3 is 0 Å². The molecule has 0 aliphatic rings. The van der Waals surface area contributed by atoms with Gasteiger partial charge in [-0.2, -0.15) is 5.26 Å². The third-order valence-electron chi connectivity index (χ3n) is 2.05. The number of rotatable bonds is 6. The molecule has 0 bridgehead atoms. The van der Waals surface area contributed by atoms with Crippen molar-refractivity contribution in [2.45, 2.75) is 0 Å². The van der Waals surface area contributed by atoms with Crippen molar-refractivity contribution in [1.29, 1.82) is 5.26 Å². The van der Waals surface area contributed by atoms with E-state index in [1.165, 1.54) is 0 Å². The number of hydrogen-bond donors (Lipinski definition) is 3. The van der Waals surface area contributed by atoms with Gasteiger partial charge in [-0.1, -0.05) is 6.07 Å². The van der Waals surface area contributed by atoms with Crippen LogP contribution < -0.4 is 21.1 Å². The van der Waals surface area contributed by atoms with E-state index in [0.29, 0.717) is 11.4 Å². The Morgan fingerprint density at radius 2 is 2.16 bits per heavy atom. The van der Waals surface area contributed by atoms with Crippen LogP contribution in [0.1, 0.15) is 0 Å². The number of nitriles is 1. The Hall–Kier alpha value is -2.59. The van der Waals surface area contributed by atoms with Crippen molar-refractivity contribution in [3.8, 4) is 11.8 Å². The van der Waals surface area contributed by atoms with Crippen LogP contribution in [0.15, 0.2) is 24.3 Å².